The molecule has 5 aromatic heterocycles. The van der Waals surface area contributed by atoms with Gasteiger partial charge in [-0.15, -0.1) is 42.0 Å². The van der Waals surface area contributed by atoms with Crippen molar-refractivity contribution < 1.29 is 20.1 Å². The third kappa shape index (κ3) is 6.56. The second-order valence-electron chi connectivity index (χ2n) is 14.0. The number of imidazole rings is 1. The first-order valence-corrected chi connectivity index (χ1v) is 22.5. The third-order valence-corrected chi connectivity index (χ3v) is 13.7. The van der Waals surface area contributed by atoms with Gasteiger partial charge in [-0.2, -0.15) is 22.7 Å². The maximum Gasteiger partial charge on any atom is 0.113 e. The molecular weight excluding hydrogens is 881 g/mol. The van der Waals surface area contributed by atoms with E-state index in [0.717, 1.165) is 49.9 Å². The van der Waals surface area contributed by atoms with Gasteiger partial charge in [-0.3, -0.25) is 4.98 Å². The molecule has 0 amide bonds. The van der Waals surface area contributed by atoms with Gasteiger partial charge in [0.15, 0.2) is 0 Å². The molecule has 0 N–H and O–H groups in total. The Bertz CT molecular complexity index is 2900. The maximum atomic E-state index is 5.02. The third-order valence-electron chi connectivity index (χ3n) is 9.45. The van der Waals surface area contributed by atoms with Gasteiger partial charge < -0.3 is 9.55 Å². The van der Waals surface area contributed by atoms with Crippen molar-refractivity contribution in [1.82, 2.24) is 19.5 Å². The second kappa shape index (κ2) is 14.2. The van der Waals surface area contributed by atoms with E-state index in [1.807, 2.05) is 42.7 Å². The van der Waals surface area contributed by atoms with Crippen LogP contribution in [0.3, 0.4) is 0 Å². The zero-order valence-electron chi connectivity index (χ0n) is 29.6. The molecule has 0 spiro atoms. The molecule has 8 heteroatoms. The smallest absolute Gasteiger partial charge is 0.113 e. The molecule has 0 unspecified atom stereocenters. The number of fused-ring (bicyclic) bond motifs is 7. The molecule has 5 heterocycles. The van der Waals surface area contributed by atoms with Crippen LogP contribution in [0.25, 0.3) is 79.8 Å². The first-order chi connectivity index (χ1) is 25.3. The minimum absolute atomic E-state index is 0. The Morgan fingerprint density at radius 3 is 2.28 bits per heavy atom. The summed E-state index contributed by atoms with van der Waals surface area (Å²) in [6.45, 7) is 9.07. The predicted octanol–water partition coefficient (Wildman–Crippen LogP) is 12.0. The number of pyridine rings is 2. The molecule has 0 aliphatic rings. The van der Waals surface area contributed by atoms with Crippen molar-refractivity contribution in [2.24, 2.45) is 0 Å². The van der Waals surface area contributed by atoms with Gasteiger partial charge in [0.25, 0.3) is 0 Å². The van der Waals surface area contributed by atoms with E-state index >= 15 is 0 Å². The van der Waals surface area contributed by atoms with E-state index in [-0.39, 0.29) is 20.1 Å². The number of nitrogens with zero attached hydrogens (tertiary/aromatic N) is 4. The van der Waals surface area contributed by atoms with Gasteiger partial charge >= 0.3 is 0 Å². The van der Waals surface area contributed by atoms with Crippen LogP contribution in [0.4, 0.5) is 0 Å². The van der Waals surface area contributed by atoms with Crippen molar-refractivity contribution >= 4 is 87.4 Å². The van der Waals surface area contributed by atoms with Crippen LogP contribution in [0.2, 0.25) is 19.6 Å². The van der Waals surface area contributed by atoms with E-state index in [4.69, 9.17) is 15.0 Å². The Labute approximate surface area is 331 Å². The minimum Gasteiger partial charge on any atom is -0.333 e. The fraction of sp³-hybridized carbons (Fsp3) is 0.0889. The van der Waals surface area contributed by atoms with Crippen molar-refractivity contribution in [3.63, 3.8) is 0 Å². The Morgan fingerprint density at radius 2 is 1.47 bits per heavy atom. The molecule has 0 atom stereocenters. The van der Waals surface area contributed by atoms with Crippen LogP contribution in [-0.4, -0.2) is 27.6 Å². The van der Waals surface area contributed by atoms with Gasteiger partial charge in [0.1, 0.15) is 4.83 Å². The zero-order chi connectivity index (χ0) is 35.4. The first kappa shape index (κ1) is 35.2. The number of hydrogen-bond acceptors (Lipinski definition) is 5. The molecule has 0 saturated carbocycles. The summed E-state index contributed by atoms with van der Waals surface area (Å²) in [5.74, 6) is 0.909. The molecule has 5 aromatic carbocycles. The standard InChI is InChI=1S/C25H16N3S.C20H18NSSi.Ir/c1-16-14-15-19-18-10-7-11-20(23(18)29-25(19)26-16)24-27-21-12-5-6-13-22(21)28(24)17-8-3-2-4-9-17;1-23(2,3)15-9-10-18(21-13-15)14-8-11-20-17(12-14)16-6-4-5-7-19(16)22-20;/h2-10,12-15H,1H3;4-7,9-13H,1-3H3;/q2*-1;. The minimum atomic E-state index is -1.30. The van der Waals surface area contributed by atoms with E-state index in [0.29, 0.717) is 0 Å². The number of thiophene rings is 2. The molecule has 0 aliphatic heterocycles. The van der Waals surface area contributed by atoms with Crippen molar-refractivity contribution in [1.29, 1.82) is 0 Å². The van der Waals surface area contributed by atoms with Crippen LogP contribution in [0, 0.1) is 19.1 Å². The van der Waals surface area contributed by atoms with E-state index in [9.17, 15) is 0 Å². The predicted molar refractivity (Wildman–Crippen MR) is 225 cm³/mol. The van der Waals surface area contributed by atoms with Crippen LogP contribution in [0.5, 0.6) is 0 Å². The summed E-state index contributed by atoms with van der Waals surface area (Å²) in [4.78, 5) is 15.5. The van der Waals surface area contributed by atoms with Crippen molar-refractivity contribution in [3.8, 4) is 28.3 Å². The zero-order valence-corrected chi connectivity index (χ0v) is 34.7. The van der Waals surface area contributed by atoms with Crippen LogP contribution in [0.15, 0.2) is 134 Å². The van der Waals surface area contributed by atoms with Crippen molar-refractivity contribution in [2.45, 2.75) is 26.6 Å². The molecular formula is C45H34IrN4S2Si-2. The summed E-state index contributed by atoms with van der Waals surface area (Å²) in [6, 6.07) is 51.2. The van der Waals surface area contributed by atoms with Crippen LogP contribution in [-0.2, 0) is 20.1 Å². The van der Waals surface area contributed by atoms with Gasteiger partial charge in [-0.05, 0) is 74.4 Å². The molecule has 0 saturated heterocycles. The van der Waals surface area contributed by atoms with Crippen molar-refractivity contribution in [3.05, 3.63) is 151 Å². The first-order valence-electron chi connectivity index (χ1n) is 17.4. The van der Waals surface area contributed by atoms with E-state index in [1.54, 1.807) is 11.3 Å². The monoisotopic (exact) mass is 915 g/mol. The molecule has 10 aromatic rings. The molecule has 0 aliphatic carbocycles. The SMILES string of the molecule is C[Si](C)(C)c1ccc(-c2[c-]cc3sc4ccccc4c3c2)nc1.Cc1ccc2c(n1)sc1c(-c3nc4ccccc4n3-c3ccccc3)[c-]ccc12.[Ir]. The van der Waals surface area contributed by atoms with E-state index < -0.39 is 8.07 Å². The number of para-hydroxylation sites is 3. The fourth-order valence-electron chi connectivity index (χ4n) is 6.73. The molecule has 53 heavy (non-hydrogen) atoms. The van der Waals surface area contributed by atoms with Gasteiger partial charge in [0.05, 0.1) is 24.9 Å². The molecule has 0 bridgehead atoms. The van der Waals surface area contributed by atoms with Crippen LogP contribution in [0.1, 0.15) is 5.69 Å². The molecule has 4 nitrogen and oxygen atoms in total. The maximum absolute atomic E-state index is 5.02. The largest absolute Gasteiger partial charge is 0.333 e. The topological polar surface area (TPSA) is 43.6 Å². The number of aromatic nitrogens is 4. The molecule has 10 rings (SSSR count). The normalized spacial score (nSPS) is 11.6. The van der Waals surface area contributed by atoms with Crippen LogP contribution >= 0.6 is 22.7 Å². The van der Waals surface area contributed by atoms with Gasteiger partial charge in [0, 0.05) is 42.4 Å². The van der Waals surface area contributed by atoms with Crippen molar-refractivity contribution in [2.75, 3.05) is 0 Å². The Hall–Kier alpha value is -4.82. The number of rotatable bonds is 4. The Kier molecular flexibility index (Phi) is 9.43. The average molecular weight is 915 g/mol. The quantitative estimate of drug-likeness (QED) is 0.130. The summed E-state index contributed by atoms with van der Waals surface area (Å²) in [5, 5.41) is 6.41. The summed E-state index contributed by atoms with van der Waals surface area (Å²) in [5.41, 5.74) is 7.29. The Balaban J connectivity index is 0.000000152. The number of benzene rings is 5. The number of aryl methyl sites for hydroxylation is 1. The molecule has 261 valence electrons. The summed E-state index contributed by atoms with van der Waals surface area (Å²) < 4.78 is 6.01. The summed E-state index contributed by atoms with van der Waals surface area (Å²) in [6.07, 6.45) is 2.05. The van der Waals surface area contributed by atoms with E-state index in [1.165, 1.54) is 40.8 Å². The molecule has 0 fully saturated rings. The second-order valence-corrected chi connectivity index (χ2v) is 21.2. The van der Waals surface area contributed by atoms with E-state index in [2.05, 4.69) is 146 Å². The van der Waals surface area contributed by atoms with Gasteiger partial charge in [-0.25, -0.2) is 4.98 Å². The van der Waals surface area contributed by atoms with Crippen LogP contribution < -0.4 is 5.19 Å². The summed E-state index contributed by atoms with van der Waals surface area (Å²) >= 11 is 3.54. The Morgan fingerprint density at radius 1 is 0.679 bits per heavy atom. The average Bonchev–Trinajstić information content (AvgIpc) is 3.86. The summed E-state index contributed by atoms with van der Waals surface area (Å²) in [7, 11) is -1.30. The fourth-order valence-corrected chi connectivity index (χ4v) is 10.0. The van der Waals surface area contributed by atoms with Gasteiger partial charge in [0.2, 0.25) is 0 Å². The van der Waals surface area contributed by atoms with Gasteiger partial charge in [-0.1, -0.05) is 103 Å². The number of hydrogen-bond donors (Lipinski definition) is 0. The molecule has 1 radical (unpaired) electrons.